The van der Waals surface area contributed by atoms with Gasteiger partial charge in [0.15, 0.2) is 0 Å². The van der Waals surface area contributed by atoms with Gasteiger partial charge in [-0.2, -0.15) is 0 Å². The van der Waals surface area contributed by atoms with Gasteiger partial charge >= 0.3 is 11.9 Å². The summed E-state index contributed by atoms with van der Waals surface area (Å²) in [4.78, 5) is 30.2. The van der Waals surface area contributed by atoms with Crippen molar-refractivity contribution in [3.8, 4) is 0 Å². The fourth-order valence-corrected chi connectivity index (χ4v) is 8.90. The lowest BCUT2D eigenvalue weighted by Gasteiger charge is -2.36. The van der Waals surface area contributed by atoms with Crippen LogP contribution in [0.4, 0.5) is 0 Å². The SMILES string of the molecule is CCCCCCCCCCCOC(=O)CCCCCN(CCO)CCN(CCCCCC(=O)OCC(CCCCCCCC)CCCCCCCC)C1CCCCC1. The van der Waals surface area contributed by atoms with Crippen LogP contribution in [-0.2, 0) is 19.1 Å². The van der Waals surface area contributed by atoms with Crippen LogP contribution in [-0.4, -0.2) is 85.4 Å². The first-order valence-electron chi connectivity index (χ1n) is 25.9. The molecule has 0 atom stereocenters. The first-order valence-corrected chi connectivity index (χ1v) is 25.9. The van der Waals surface area contributed by atoms with Crippen molar-refractivity contribution in [1.29, 1.82) is 0 Å². The minimum absolute atomic E-state index is 0.00523. The Morgan fingerprint density at radius 3 is 1.50 bits per heavy atom. The summed E-state index contributed by atoms with van der Waals surface area (Å²) in [6.45, 7) is 13.0. The second-order valence-electron chi connectivity index (χ2n) is 18.2. The monoisotopic (exact) mass is 821 g/mol. The predicted molar refractivity (Wildman–Crippen MR) is 248 cm³/mol. The number of rotatable bonds is 44. The maximum atomic E-state index is 12.8. The van der Waals surface area contributed by atoms with E-state index in [4.69, 9.17) is 9.47 Å². The maximum Gasteiger partial charge on any atom is 0.305 e. The molecule has 1 fully saturated rings. The normalized spacial score (nSPS) is 13.6. The minimum atomic E-state index is -0.0435. The molecule has 0 amide bonds. The quantitative estimate of drug-likeness (QED) is 0.0484. The molecule has 1 aliphatic carbocycles. The van der Waals surface area contributed by atoms with Gasteiger partial charge in [0, 0.05) is 38.5 Å². The van der Waals surface area contributed by atoms with Gasteiger partial charge in [-0.05, 0) is 76.8 Å². The van der Waals surface area contributed by atoms with E-state index in [-0.39, 0.29) is 18.5 Å². The standard InChI is InChI=1S/C51H100N2O5/c1-4-7-10-13-16-17-18-21-33-46-57-50(55)38-29-23-31-40-52(44-45-54)42-43-53(49-36-27-22-28-37-49)41-32-24-30-39-51(56)58-47-48(34-25-19-14-11-8-5-2)35-26-20-15-12-9-6-3/h48-49,54H,4-47H2,1-3H3. The molecule has 0 aliphatic heterocycles. The lowest BCUT2D eigenvalue weighted by molar-refractivity contribution is -0.145. The van der Waals surface area contributed by atoms with E-state index in [9.17, 15) is 14.7 Å². The highest BCUT2D eigenvalue weighted by atomic mass is 16.5. The van der Waals surface area contributed by atoms with Crippen LogP contribution in [0.1, 0.15) is 252 Å². The average molecular weight is 821 g/mol. The lowest BCUT2D eigenvalue weighted by Crippen LogP contribution is -2.43. The Labute approximate surface area is 361 Å². The molecule has 0 aromatic carbocycles. The number of carbonyl (C=O) groups is 2. The summed E-state index contributed by atoms with van der Waals surface area (Å²) < 4.78 is 11.4. The Morgan fingerprint density at radius 2 is 0.966 bits per heavy atom. The van der Waals surface area contributed by atoms with Gasteiger partial charge in [0.1, 0.15) is 0 Å². The first-order chi connectivity index (χ1) is 28.5. The van der Waals surface area contributed by atoms with Crippen LogP contribution in [0.15, 0.2) is 0 Å². The van der Waals surface area contributed by atoms with E-state index in [0.717, 1.165) is 77.5 Å². The van der Waals surface area contributed by atoms with Crippen molar-refractivity contribution in [2.45, 2.75) is 258 Å². The van der Waals surface area contributed by atoms with Crippen molar-refractivity contribution in [3.05, 3.63) is 0 Å². The van der Waals surface area contributed by atoms with Gasteiger partial charge in [0.05, 0.1) is 19.8 Å². The first kappa shape index (κ1) is 54.8. The molecule has 0 aromatic heterocycles. The average Bonchev–Trinajstić information content (AvgIpc) is 3.23. The highest BCUT2D eigenvalue weighted by Gasteiger charge is 2.21. The van der Waals surface area contributed by atoms with E-state index >= 15 is 0 Å². The number of carbonyl (C=O) groups excluding carboxylic acids is 2. The fourth-order valence-electron chi connectivity index (χ4n) is 8.90. The van der Waals surface area contributed by atoms with Gasteiger partial charge in [0.2, 0.25) is 0 Å². The fraction of sp³-hybridized carbons (Fsp3) is 0.961. The summed E-state index contributed by atoms with van der Waals surface area (Å²) in [5, 5.41) is 9.83. The van der Waals surface area contributed by atoms with Crippen molar-refractivity contribution >= 4 is 11.9 Å². The van der Waals surface area contributed by atoms with Gasteiger partial charge in [-0.1, -0.05) is 181 Å². The Hall–Kier alpha value is -1.18. The summed E-state index contributed by atoms with van der Waals surface area (Å²) in [5.41, 5.74) is 0. The zero-order chi connectivity index (χ0) is 42.0. The molecule has 0 saturated heterocycles. The third-order valence-electron chi connectivity index (χ3n) is 12.8. The van der Waals surface area contributed by atoms with Crippen LogP contribution in [0.5, 0.6) is 0 Å². The van der Waals surface area contributed by atoms with E-state index in [1.54, 1.807) is 0 Å². The zero-order valence-corrected chi connectivity index (χ0v) is 39.2. The molecule has 0 bridgehead atoms. The molecular weight excluding hydrogens is 721 g/mol. The number of ether oxygens (including phenoxy) is 2. The number of esters is 2. The molecule has 58 heavy (non-hydrogen) atoms. The predicted octanol–water partition coefficient (Wildman–Crippen LogP) is 13.8. The van der Waals surface area contributed by atoms with Crippen molar-refractivity contribution in [1.82, 2.24) is 9.80 Å². The molecule has 0 aromatic rings. The van der Waals surface area contributed by atoms with Gasteiger partial charge in [0.25, 0.3) is 0 Å². The molecule has 0 radical (unpaired) electrons. The van der Waals surface area contributed by atoms with Gasteiger partial charge in [-0.25, -0.2) is 0 Å². The third-order valence-corrected chi connectivity index (χ3v) is 12.8. The van der Waals surface area contributed by atoms with Crippen LogP contribution < -0.4 is 0 Å². The summed E-state index contributed by atoms with van der Waals surface area (Å²) in [7, 11) is 0. The number of hydrogen-bond donors (Lipinski definition) is 1. The summed E-state index contributed by atoms with van der Waals surface area (Å²) in [6, 6.07) is 0.659. The lowest BCUT2D eigenvalue weighted by atomic mass is 9.94. The van der Waals surface area contributed by atoms with Crippen LogP contribution >= 0.6 is 0 Å². The molecule has 1 N–H and O–H groups in total. The molecule has 7 heteroatoms. The number of hydrogen-bond acceptors (Lipinski definition) is 7. The maximum absolute atomic E-state index is 12.8. The second kappa shape index (κ2) is 42.5. The van der Waals surface area contributed by atoms with E-state index < -0.39 is 0 Å². The third kappa shape index (κ3) is 34.5. The Balaban J connectivity index is 2.34. The molecule has 0 spiro atoms. The summed E-state index contributed by atoms with van der Waals surface area (Å²) in [6.07, 6.45) is 43.4. The summed E-state index contributed by atoms with van der Waals surface area (Å²) in [5.74, 6) is 0.488. The highest BCUT2D eigenvalue weighted by Crippen LogP contribution is 2.24. The van der Waals surface area contributed by atoms with Crippen LogP contribution in [0.2, 0.25) is 0 Å². The van der Waals surface area contributed by atoms with Crippen molar-refractivity contribution < 1.29 is 24.2 Å². The van der Waals surface area contributed by atoms with Crippen molar-refractivity contribution in [2.24, 2.45) is 5.92 Å². The molecule has 1 saturated carbocycles. The number of unbranched alkanes of at least 4 members (excludes halogenated alkanes) is 22. The zero-order valence-electron chi connectivity index (χ0n) is 39.2. The molecule has 0 unspecified atom stereocenters. The van der Waals surface area contributed by atoms with E-state index in [0.29, 0.717) is 44.6 Å². The minimum Gasteiger partial charge on any atom is -0.466 e. The Bertz CT molecular complexity index is 865. The summed E-state index contributed by atoms with van der Waals surface area (Å²) >= 11 is 0. The molecule has 7 nitrogen and oxygen atoms in total. The largest absolute Gasteiger partial charge is 0.466 e. The van der Waals surface area contributed by atoms with Crippen LogP contribution in [0.25, 0.3) is 0 Å². The van der Waals surface area contributed by atoms with Crippen molar-refractivity contribution in [2.75, 3.05) is 52.5 Å². The molecular formula is C51H100N2O5. The number of aliphatic hydroxyl groups is 1. The molecule has 1 rings (SSSR count). The Kier molecular flexibility index (Phi) is 40.2. The van der Waals surface area contributed by atoms with E-state index in [1.807, 2.05) is 0 Å². The van der Waals surface area contributed by atoms with E-state index in [2.05, 4.69) is 30.6 Å². The second-order valence-corrected chi connectivity index (χ2v) is 18.2. The molecule has 344 valence electrons. The number of nitrogens with zero attached hydrogens (tertiary/aromatic N) is 2. The Morgan fingerprint density at radius 1 is 0.500 bits per heavy atom. The molecule has 0 heterocycles. The van der Waals surface area contributed by atoms with E-state index in [1.165, 1.54) is 167 Å². The highest BCUT2D eigenvalue weighted by molar-refractivity contribution is 5.69. The van der Waals surface area contributed by atoms with Crippen LogP contribution in [0.3, 0.4) is 0 Å². The topological polar surface area (TPSA) is 79.3 Å². The molecule has 1 aliphatic rings. The van der Waals surface area contributed by atoms with Gasteiger partial charge < -0.3 is 14.6 Å². The number of aliphatic hydroxyl groups excluding tert-OH is 1. The smallest absolute Gasteiger partial charge is 0.305 e. The van der Waals surface area contributed by atoms with Gasteiger partial charge in [-0.15, -0.1) is 0 Å². The van der Waals surface area contributed by atoms with Gasteiger partial charge in [-0.3, -0.25) is 19.4 Å². The van der Waals surface area contributed by atoms with Crippen LogP contribution in [0, 0.1) is 5.92 Å². The van der Waals surface area contributed by atoms with Crippen molar-refractivity contribution in [3.63, 3.8) is 0 Å².